The molecule has 1 unspecified atom stereocenters. The van der Waals surface area contributed by atoms with Crippen molar-refractivity contribution in [3.8, 4) is 0 Å². The average molecular weight is 275 g/mol. The van der Waals surface area contributed by atoms with E-state index in [9.17, 15) is 9.59 Å². The van der Waals surface area contributed by atoms with E-state index in [2.05, 4.69) is 23.5 Å². The zero-order valence-electron chi connectivity index (χ0n) is 12.4. The lowest BCUT2D eigenvalue weighted by Crippen LogP contribution is -2.38. The molecule has 0 aliphatic carbocycles. The van der Waals surface area contributed by atoms with Crippen LogP contribution in [0.25, 0.3) is 0 Å². The van der Waals surface area contributed by atoms with E-state index in [-0.39, 0.29) is 24.5 Å². The predicted molar refractivity (Wildman–Crippen MR) is 77.5 cm³/mol. The van der Waals surface area contributed by atoms with Gasteiger partial charge in [-0.1, -0.05) is 29.3 Å². The van der Waals surface area contributed by atoms with Crippen molar-refractivity contribution in [3.05, 3.63) is 34.9 Å². The van der Waals surface area contributed by atoms with E-state index in [1.807, 2.05) is 20.9 Å². The van der Waals surface area contributed by atoms with Crippen LogP contribution in [-0.4, -0.2) is 48.9 Å². The number of imide groups is 1. The second-order valence-electron chi connectivity index (χ2n) is 5.41. The molecule has 1 N–H and O–H groups in total. The van der Waals surface area contributed by atoms with Crippen LogP contribution in [0.15, 0.2) is 18.2 Å². The van der Waals surface area contributed by atoms with Crippen molar-refractivity contribution in [2.45, 2.75) is 19.9 Å². The van der Waals surface area contributed by atoms with Crippen LogP contribution in [0.5, 0.6) is 0 Å². The van der Waals surface area contributed by atoms with Gasteiger partial charge < -0.3 is 10.2 Å². The Morgan fingerprint density at radius 3 is 2.25 bits per heavy atom. The van der Waals surface area contributed by atoms with Crippen molar-refractivity contribution in [2.24, 2.45) is 0 Å². The maximum absolute atomic E-state index is 11.9. The third-order valence-electron chi connectivity index (χ3n) is 3.59. The maximum Gasteiger partial charge on any atom is 0.327 e. The zero-order chi connectivity index (χ0) is 14.9. The first-order valence-corrected chi connectivity index (χ1v) is 6.73. The van der Waals surface area contributed by atoms with Crippen molar-refractivity contribution in [1.82, 2.24) is 15.1 Å². The van der Waals surface area contributed by atoms with E-state index in [0.29, 0.717) is 6.54 Å². The highest BCUT2D eigenvalue weighted by Gasteiger charge is 2.34. The Morgan fingerprint density at radius 1 is 1.20 bits per heavy atom. The molecule has 5 heteroatoms. The van der Waals surface area contributed by atoms with Gasteiger partial charge in [-0.2, -0.15) is 0 Å². The molecule has 1 aromatic carbocycles. The predicted octanol–water partition coefficient (Wildman–Crippen LogP) is 1.46. The van der Waals surface area contributed by atoms with E-state index >= 15 is 0 Å². The van der Waals surface area contributed by atoms with Crippen LogP contribution in [0, 0.1) is 13.8 Å². The number of hydrogen-bond acceptors (Lipinski definition) is 3. The number of nitrogens with zero attached hydrogens (tertiary/aromatic N) is 2. The lowest BCUT2D eigenvalue weighted by molar-refractivity contribution is -0.125. The van der Waals surface area contributed by atoms with E-state index in [1.54, 1.807) is 7.05 Å². The van der Waals surface area contributed by atoms with Crippen molar-refractivity contribution in [2.75, 3.05) is 27.2 Å². The molecule has 0 spiro atoms. The molecule has 1 fully saturated rings. The van der Waals surface area contributed by atoms with Crippen LogP contribution in [0.4, 0.5) is 4.79 Å². The highest BCUT2D eigenvalue weighted by atomic mass is 16.2. The Kier molecular flexibility index (Phi) is 4.09. The number of carbonyl (C=O) groups excluding carboxylic acids is 2. The number of urea groups is 1. The minimum absolute atomic E-state index is 0.0481. The first kappa shape index (κ1) is 14.5. The molecule has 1 atom stereocenters. The summed E-state index contributed by atoms with van der Waals surface area (Å²) in [5, 5.41) is 3.19. The third-order valence-corrected chi connectivity index (χ3v) is 3.59. The highest BCUT2D eigenvalue weighted by molar-refractivity contribution is 6.01. The number of aryl methyl sites for hydroxylation is 2. The van der Waals surface area contributed by atoms with Gasteiger partial charge in [0.1, 0.15) is 6.54 Å². The van der Waals surface area contributed by atoms with Crippen molar-refractivity contribution in [1.29, 1.82) is 0 Å². The zero-order valence-corrected chi connectivity index (χ0v) is 12.4. The summed E-state index contributed by atoms with van der Waals surface area (Å²) in [6.45, 7) is 4.62. The molecule has 108 valence electrons. The number of benzene rings is 1. The largest absolute Gasteiger partial charge is 0.327 e. The van der Waals surface area contributed by atoms with Gasteiger partial charge in [-0.3, -0.25) is 9.69 Å². The van der Waals surface area contributed by atoms with Crippen LogP contribution >= 0.6 is 0 Å². The van der Waals surface area contributed by atoms with Gasteiger partial charge in [0.05, 0.1) is 6.04 Å². The molecule has 20 heavy (non-hydrogen) atoms. The van der Waals surface area contributed by atoms with Gasteiger partial charge in [0.25, 0.3) is 0 Å². The van der Waals surface area contributed by atoms with Gasteiger partial charge in [-0.05, 0) is 26.5 Å². The molecule has 5 nitrogen and oxygen atoms in total. The summed E-state index contributed by atoms with van der Waals surface area (Å²) in [6, 6.07) is 6.01. The standard InChI is InChI=1S/C15H21N3O2/c1-10-5-11(2)7-12(6-10)13(16-3)8-18-14(19)9-17(4)15(18)20/h5-7,13,16H,8-9H2,1-4H3. The second-order valence-corrected chi connectivity index (χ2v) is 5.41. The van der Waals surface area contributed by atoms with Gasteiger partial charge in [-0.15, -0.1) is 0 Å². The number of likely N-dealkylation sites (N-methyl/N-ethyl adjacent to an activating group) is 2. The van der Waals surface area contributed by atoms with E-state index < -0.39 is 0 Å². The molecule has 0 radical (unpaired) electrons. The first-order chi connectivity index (χ1) is 9.42. The molecule has 0 bridgehead atoms. The number of amides is 3. The van der Waals surface area contributed by atoms with Crippen molar-refractivity contribution < 1.29 is 9.59 Å². The van der Waals surface area contributed by atoms with Crippen LogP contribution in [-0.2, 0) is 4.79 Å². The first-order valence-electron chi connectivity index (χ1n) is 6.73. The van der Waals surface area contributed by atoms with Crippen molar-refractivity contribution >= 4 is 11.9 Å². The molecule has 1 heterocycles. The lowest BCUT2D eigenvalue weighted by Gasteiger charge is -2.23. The molecular formula is C15H21N3O2. The van der Waals surface area contributed by atoms with Crippen LogP contribution in [0.2, 0.25) is 0 Å². The highest BCUT2D eigenvalue weighted by Crippen LogP contribution is 2.20. The topological polar surface area (TPSA) is 52.7 Å². The van der Waals surface area contributed by atoms with Gasteiger partial charge in [0.2, 0.25) is 5.91 Å². The lowest BCUT2D eigenvalue weighted by atomic mass is 10.0. The van der Waals surface area contributed by atoms with Crippen LogP contribution in [0.3, 0.4) is 0 Å². The smallest absolute Gasteiger partial charge is 0.318 e. The Hall–Kier alpha value is -1.88. The second kappa shape index (κ2) is 5.63. The Morgan fingerprint density at radius 2 is 1.80 bits per heavy atom. The normalized spacial score (nSPS) is 17.0. The number of rotatable bonds is 4. The molecule has 0 saturated carbocycles. The summed E-state index contributed by atoms with van der Waals surface area (Å²) in [4.78, 5) is 26.5. The van der Waals surface area contributed by atoms with Crippen molar-refractivity contribution in [3.63, 3.8) is 0 Å². The van der Waals surface area contributed by atoms with E-state index in [4.69, 9.17) is 0 Å². The summed E-state index contributed by atoms with van der Waals surface area (Å²) < 4.78 is 0. The molecule has 1 saturated heterocycles. The summed E-state index contributed by atoms with van der Waals surface area (Å²) in [6.07, 6.45) is 0. The third kappa shape index (κ3) is 2.82. The minimum atomic E-state index is -0.223. The minimum Gasteiger partial charge on any atom is -0.318 e. The Labute approximate surface area is 119 Å². The fraction of sp³-hybridized carbons (Fsp3) is 0.467. The van der Waals surface area contributed by atoms with Gasteiger partial charge in [-0.25, -0.2) is 4.79 Å². The maximum atomic E-state index is 11.9. The number of carbonyl (C=O) groups is 2. The molecular weight excluding hydrogens is 254 g/mol. The van der Waals surface area contributed by atoms with Crippen LogP contribution < -0.4 is 5.32 Å². The fourth-order valence-corrected chi connectivity index (χ4v) is 2.61. The molecule has 1 aliphatic heterocycles. The molecule has 3 amide bonds. The van der Waals surface area contributed by atoms with E-state index in [0.717, 1.165) is 5.56 Å². The van der Waals surface area contributed by atoms with Gasteiger partial charge in [0, 0.05) is 13.6 Å². The molecule has 2 rings (SSSR count). The molecule has 0 aromatic heterocycles. The fourth-order valence-electron chi connectivity index (χ4n) is 2.61. The average Bonchev–Trinajstić information content (AvgIpc) is 2.60. The molecule has 1 aliphatic rings. The van der Waals surface area contributed by atoms with Crippen LogP contribution in [0.1, 0.15) is 22.7 Å². The summed E-state index contributed by atoms with van der Waals surface area (Å²) in [7, 11) is 3.49. The van der Waals surface area contributed by atoms with Gasteiger partial charge in [0.15, 0.2) is 0 Å². The summed E-state index contributed by atoms with van der Waals surface area (Å²) in [5.74, 6) is -0.137. The quantitative estimate of drug-likeness (QED) is 0.846. The summed E-state index contributed by atoms with van der Waals surface area (Å²) >= 11 is 0. The van der Waals surface area contributed by atoms with Gasteiger partial charge >= 0.3 is 6.03 Å². The molecule has 1 aromatic rings. The Balaban J connectivity index is 2.21. The Bertz CT molecular complexity index is 522. The summed E-state index contributed by atoms with van der Waals surface area (Å²) in [5.41, 5.74) is 3.45. The van der Waals surface area contributed by atoms with E-state index in [1.165, 1.54) is 20.9 Å². The number of hydrogen-bond donors (Lipinski definition) is 1. The number of nitrogens with one attached hydrogen (secondary N) is 1. The SMILES string of the molecule is CNC(CN1C(=O)CN(C)C1=O)c1cc(C)cc(C)c1. The monoisotopic (exact) mass is 275 g/mol.